The molecule has 1 aromatic carbocycles. The predicted octanol–water partition coefficient (Wildman–Crippen LogP) is 0.972. The number of ether oxygens (including phenoxy) is 2. The van der Waals surface area contributed by atoms with Gasteiger partial charge in [0.25, 0.3) is 0 Å². The van der Waals surface area contributed by atoms with Crippen LogP contribution in [0.2, 0.25) is 0 Å². The molecule has 0 bridgehead atoms. The smallest absolute Gasteiger partial charge is 0.364 e. The SMILES string of the molecule is O=C(O)c1c2c(cc([N+](=O)[O-])c1[N+](=O)[O-])OCCO2. The average Bonchev–Trinajstić information content (AvgIpc) is 2.35. The average molecular weight is 270 g/mol. The molecule has 100 valence electrons. The number of benzene rings is 1. The van der Waals surface area contributed by atoms with Gasteiger partial charge in [0.15, 0.2) is 17.1 Å². The molecule has 0 aromatic heterocycles. The first-order valence-electron chi connectivity index (χ1n) is 4.92. The normalized spacial score (nSPS) is 12.8. The molecule has 0 saturated heterocycles. The zero-order valence-corrected chi connectivity index (χ0v) is 9.19. The van der Waals surface area contributed by atoms with Crippen molar-refractivity contribution in [2.45, 2.75) is 0 Å². The zero-order valence-electron chi connectivity index (χ0n) is 9.19. The third-order valence-electron chi connectivity index (χ3n) is 2.38. The third kappa shape index (κ3) is 1.99. The number of nitro groups is 2. The van der Waals surface area contributed by atoms with Crippen LogP contribution in [0.3, 0.4) is 0 Å². The minimum absolute atomic E-state index is 0.00223. The number of hydrogen-bond acceptors (Lipinski definition) is 7. The summed E-state index contributed by atoms with van der Waals surface area (Å²) >= 11 is 0. The zero-order chi connectivity index (χ0) is 14.2. The molecule has 0 atom stereocenters. The van der Waals surface area contributed by atoms with E-state index in [1.54, 1.807) is 0 Å². The van der Waals surface area contributed by atoms with Gasteiger partial charge in [-0.2, -0.15) is 0 Å². The molecule has 0 fully saturated rings. The molecule has 0 aliphatic carbocycles. The van der Waals surface area contributed by atoms with Crippen molar-refractivity contribution in [3.8, 4) is 11.5 Å². The molecule has 1 aromatic rings. The van der Waals surface area contributed by atoms with E-state index < -0.39 is 32.8 Å². The van der Waals surface area contributed by atoms with Crippen LogP contribution >= 0.6 is 0 Å². The van der Waals surface area contributed by atoms with Gasteiger partial charge in [0.05, 0.1) is 15.9 Å². The van der Waals surface area contributed by atoms with Crippen LogP contribution in [-0.4, -0.2) is 34.1 Å². The van der Waals surface area contributed by atoms with Gasteiger partial charge in [-0.15, -0.1) is 0 Å². The van der Waals surface area contributed by atoms with E-state index in [0.29, 0.717) is 0 Å². The number of carboxylic acid groups (broad SMARTS) is 1. The van der Waals surface area contributed by atoms with Crippen molar-refractivity contribution >= 4 is 17.3 Å². The molecule has 2 rings (SSSR count). The van der Waals surface area contributed by atoms with Crippen molar-refractivity contribution < 1.29 is 29.2 Å². The lowest BCUT2D eigenvalue weighted by Crippen LogP contribution is -2.19. The van der Waals surface area contributed by atoms with E-state index in [9.17, 15) is 25.0 Å². The number of nitrogens with zero attached hydrogens (tertiary/aromatic N) is 2. The Morgan fingerprint density at radius 3 is 2.37 bits per heavy atom. The van der Waals surface area contributed by atoms with Crippen molar-refractivity contribution in [2.24, 2.45) is 0 Å². The molecule has 1 N–H and O–H groups in total. The van der Waals surface area contributed by atoms with Crippen LogP contribution in [0.4, 0.5) is 11.4 Å². The molecule has 0 spiro atoms. The van der Waals surface area contributed by atoms with Gasteiger partial charge < -0.3 is 14.6 Å². The highest BCUT2D eigenvalue weighted by Crippen LogP contribution is 2.45. The number of rotatable bonds is 3. The Kier molecular flexibility index (Phi) is 2.91. The van der Waals surface area contributed by atoms with Gasteiger partial charge in [-0.05, 0) is 0 Å². The second kappa shape index (κ2) is 4.40. The van der Waals surface area contributed by atoms with Gasteiger partial charge in [0.2, 0.25) is 0 Å². The van der Waals surface area contributed by atoms with Gasteiger partial charge in [-0.25, -0.2) is 4.79 Å². The summed E-state index contributed by atoms with van der Waals surface area (Å²) in [6, 6.07) is 0.791. The maximum atomic E-state index is 11.1. The van der Waals surface area contributed by atoms with E-state index >= 15 is 0 Å². The predicted molar refractivity (Wildman–Crippen MR) is 57.7 cm³/mol. The fourth-order valence-electron chi connectivity index (χ4n) is 1.69. The van der Waals surface area contributed by atoms with Crippen molar-refractivity contribution in [3.63, 3.8) is 0 Å². The number of aromatic carboxylic acids is 1. The highest BCUT2D eigenvalue weighted by atomic mass is 16.6. The van der Waals surface area contributed by atoms with Gasteiger partial charge in [0.1, 0.15) is 13.2 Å². The first kappa shape index (κ1) is 12.5. The minimum Gasteiger partial charge on any atom is -0.486 e. The number of carboxylic acids is 1. The van der Waals surface area contributed by atoms with Crippen LogP contribution in [0.5, 0.6) is 11.5 Å². The van der Waals surface area contributed by atoms with Gasteiger partial charge in [0, 0.05) is 0 Å². The summed E-state index contributed by atoms with van der Waals surface area (Å²) in [6.45, 7) is 0.0727. The van der Waals surface area contributed by atoms with Gasteiger partial charge in [-0.3, -0.25) is 20.2 Å². The molecule has 10 heteroatoms. The summed E-state index contributed by atoms with van der Waals surface area (Å²) < 4.78 is 10.0. The van der Waals surface area contributed by atoms with E-state index in [-0.39, 0.29) is 24.7 Å². The molecule has 0 radical (unpaired) electrons. The lowest BCUT2D eigenvalue weighted by Gasteiger charge is -2.19. The van der Waals surface area contributed by atoms with E-state index in [1.165, 1.54) is 0 Å². The van der Waals surface area contributed by atoms with E-state index in [1.807, 2.05) is 0 Å². The van der Waals surface area contributed by atoms with Crippen molar-refractivity contribution in [3.05, 3.63) is 31.9 Å². The summed E-state index contributed by atoms with van der Waals surface area (Å²) in [4.78, 5) is 30.6. The highest BCUT2D eigenvalue weighted by Gasteiger charge is 2.39. The van der Waals surface area contributed by atoms with Crippen molar-refractivity contribution in [2.75, 3.05) is 13.2 Å². The summed E-state index contributed by atoms with van der Waals surface area (Å²) in [5.41, 5.74) is -2.96. The lowest BCUT2D eigenvalue weighted by molar-refractivity contribution is -0.422. The largest absolute Gasteiger partial charge is 0.486 e. The van der Waals surface area contributed by atoms with Crippen LogP contribution in [-0.2, 0) is 0 Å². The Hall–Kier alpha value is -2.91. The first-order valence-corrected chi connectivity index (χ1v) is 4.92. The summed E-state index contributed by atoms with van der Waals surface area (Å²) in [5.74, 6) is -2.26. The van der Waals surface area contributed by atoms with Crippen LogP contribution in [0.15, 0.2) is 6.07 Å². The monoisotopic (exact) mass is 270 g/mol. The lowest BCUT2D eigenvalue weighted by atomic mass is 10.1. The number of carbonyl (C=O) groups is 1. The number of fused-ring (bicyclic) bond motifs is 1. The van der Waals surface area contributed by atoms with Crippen molar-refractivity contribution in [1.82, 2.24) is 0 Å². The summed E-state index contributed by atoms with van der Waals surface area (Å²) in [7, 11) is 0. The molecule has 0 amide bonds. The molecular weight excluding hydrogens is 264 g/mol. The Morgan fingerprint density at radius 2 is 1.84 bits per heavy atom. The second-order valence-electron chi connectivity index (χ2n) is 3.46. The minimum atomic E-state index is -1.70. The fourth-order valence-corrected chi connectivity index (χ4v) is 1.69. The molecule has 0 saturated carbocycles. The van der Waals surface area contributed by atoms with Gasteiger partial charge in [-0.1, -0.05) is 0 Å². The maximum Gasteiger partial charge on any atom is 0.364 e. The summed E-state index contributed by atoms with van der Waals surface area (Å²) in [6.07, 6.45) is 0. The van der Waals surface area contributed by atoms with Crippen LogP contribution in [0.25, 0.3) is 0 Å². The Morgan fingerprint density at radius 1 is 1.21 bits per heavy atom. The molecule has 1 aliphatic rings. The molecular formula is C9H6N2O8. The van der Waals surface area contributed by atoms with Crippen LogP contribution < -0.4 is 9.47 Å². The third-order valence-corrected chi connectivity index (χ3v) is 2.38. The Labute approximate surface area is 104 Å². The van der Waals surface area contributed by atoms with Crippen LogP contribution in [0.1, 0.15) is 10.4 Å². The van der Waals surface area contributed by atoms with E-state index in [4.69, 9.17) is 14.6 Å². The van der Waals surface area contributed by atoms with Gasteiger partial charge >= 0.3 is 17.3 Å². The van der Waals surface area contributed by atoms with E-state index in [0.717, 1.165) is 6.07 Å². The molecule has 1 aliphatic heterocycles. The quantitative estimate of drug-likeness (QED) is 0.632. The molecule has 19 heavy (non-hydrogen) atoms. The first-order chi connectivity index (χ1) is 8.93. The van der Waals surface area contributed by atoms with Crippen molar-refractivity contribution in [1.29, 1.82) is 0 Å². The number of nitro benzene ring substituents is 2. The molecule has 0 unspecified atom stereocenters. The van der Waals surface area contributed by atoms with E-state index in [2.05, 4.69) is 0 Å². The Balaban J connectivity index is 2.85. The fraction of sp³-hybridized carbons (Fsp3) is 0.222. The highest BCUT2D eigenvalue weighted by molar-refractivity contribution is 5.99. The Bertz CT molecular complexity index is 596. The standard InChI is InChI=1S/C9H6N2O8/c12-9(13)6-7(11(16)17)4(10(14)15)3-5-8(6)19-2-1-18-5/h3H,1-2H2,(H,12,13). The molecule has 10 nitrogen and oxygen atoms in total. The number of hydrogen-bond donors (Lipinski definition) is 1. The second-order valence-corrected chi connectivity index (χ2v) is 3.46. The van der Waals surface area contributed by atoms with Crippen LogP contribution in [0, 0.1) is 20.2 Å². The molecule has 1 heterocycles. The maximum absolute atomic E-state index is 11.1. The topological polar surface area (TPSA) is 142 Å². The summed E-state index contributed by atoms with van der Waals surface area (Å²) in [5, 5.41) is 30.7.